The zero-order chi connectivity index (χ0) is 7.56. The Morgan fingerprint density at radius 2 is 2.50 bits per heavy atom. The first-order valence-corrected chi connectivity index (χ1v) is 3.43. The van der Waals surface area contributed by atoms with E-state index in [1.807, 2.05) is 6.92 Å². The lowest BCUT2D eigenvalue weighted by molar-refractivity contribution is 0.702. The normalized spacial score (nSPS) is 13.0. The van der Waals surface area contributed by atoms with Crippen LogP contribution in [0.2, 0.25) is 0 Å². The molecular weight excluding hydrogens is 148 g/mol. The maximum atomic E-state index is 10.9. The monoisotopic (exact) mass is 156 g/mol. The van der Waals surface area contributed by atoms with E-state index >= 15 is 0 Å². The Hall–Kier alpha value is -0.770. The molecule has 0 fully saturated rings. The highest BCUT2D eigenvalue weighted by Crippen LogP contribution is 2.03. The van der Waals surface area contributed by atoms with Crippen LogP contribution in [0.1, 0.15) is 12.3 Å². The van der Waals surface area contributed by atoms with Crippen LogP contribution in [0.5, 0.6) is 0 Å². The van der Waals surface area contributed by atoms with Gasteiger partial charge in [-0.05, 0) is 6.92 Å². The van der Waals surface area contributed by atoms with E-state index in [2.05, 4.69) is 17.6 Å². The molecule has 0 N–H and O–H groups in total. The minimum atomic E-state index is -0.120. The van der Waals surface area contributed by atoms with E-state index in [1.54, 1.807) is 12.4 Å². The summed E-state index contributed by atoms with van der Waals surface area (Å²) in [6.07, 6.45) is 4.45. The molecule has 0 aromatic carbocycles. The molecule has 0 spiro atoms. The summed E-state index contributed by atoms with van der Waals surface area (Å²) in [6.45, 7) is 1.82. The molecule has 0 unspecified atom stereocenters. The van der Waals surface area contributed by atoms with Gasteiger partial charge in [0, 0.05) is 12.4 Å². The van der Waals surface area contributed by atoms with Gasteiger partial charge in [0.1, 0.15) is 0 Å². The summed E-state index contributed by atoms with van der Waals surface area (Å²) >= 11 is 4.09. The third kappa shape index (κ3) is 1.39. The standard InChI is InChI=1S/C6H8N2OS/c1-5(10)8-3-2-7-4-6(8)9/h2-5,10H,1H3/t5-/m0/s1. The van der Waals surface area contributed by atoms with Crippen LogP contribution in [0.15, 0.2) is 23.4 Å². The average Bonchev–Trinajstić information content (AvgIpc) is 1.88. The molecule has 0 amide bonds. The molecule has 4 heteroatoms. The van der Waals surface area contributed by atoms with E-state index < -0.39 is 0 Å². The van der Waals surface area contributed by atoms with Gasteiger partial charge in [0.05, 0.1) is 11.6 Å². The lowest BCUT2D eigenvalue weighted by atomic mass is 10.6. The van der Waals surface area contributed by atoms with Gasteiger partial charge in [-0.1, -0.05) is 0 Å². The molecule has 1 heterocycles. The Balaban J connectivity index is 3.16. The van der Waals surface area contributed by atoms with Crippen molar-refractivity contribution in [2.45, 2.75) is 12.3 Å². The smallest absolute Gasteiger partial charge is 0.269 e. The van der Waals surface area contributed by atoms with Crippen LogP contribution in [0, 0.1) is 0 Å². The van der Waals surface area contributed by atoms with Crippen molar-refractivity contribution >= 4 is 12.6 Å². The van der Waals surface area contributed by atoms with E-state index in [-0.39, 0.29) is 10.9 Å². The minimum Gasteiger partial charge on any atom is -0.301 e. The van der Waals surface area contributed by atoms with Gasteiger partial charge in [0.2, 0.25) is 0 Å². The van der Waals surface area contributed by atoms with Crippen molar-refractivity contribution in [3.05, 3.63) is 28.9 Å². The maximum Gasteiger partial charge on any atom is 0.269 e. The molecule has 0 saturated carbocycles. The van der Waals surface area contributed by atoms with Crippen molar-refractivity contribution in [3.8, 4) is 0 Å². The second-order valence-electron chi connectivity index (χ2n) is 1.95. The molecule has 1 aromatic rings. The van der Waals surface area contributed by atoms with Crippen LogP contribution in [0.3, 0.4) is 0 Å². The molecule has 0 radical (unpaired) electrons. The predicted molar refractivity (Wildman–Crippen MR) is 42.2 cm³/mol. The Morgan fingerprint density at radius 3 is 2.90 bits per heavy atom. The fourth-order valence-corrected chi connectivity index (χ4v) is 0.857. The Morgan fingerprint density at radius 1 is 1.80 bits per heavy atom. The summed E-state index contributed by atoms with van der Waals surface area (Å²) in [5.74, 6) is 0. The van der Waals surface area contributed by atoms with Crippen LogP contribution in [0.4, 0.5) is 0 Å². The number of aromatic nitrogens is 2. The quantitative estimate of drug-likeness (QED) is 0.607. The Labute approximate surface area is 64.1 Å². The van der Waals surface area contributed by atoms with Gasteiger partial charge in [0.15, 0.2) is 0 Å². The molecule has 0 aliphatic carbocycles. The van der Waals surface area contributed by atoms with Crippen molar-refractivity contribution in [1.82, 2.24) is 9.55 Å². The van der Waals surface area contributed by atoms with Crippen LogP contribution < -0.4 is 5.56 Å². The first-order valence-electron chi connectivity index (χ1n) is 2.92. The van der Waals surface area contributed by atoms with Gasteiger partial charge in [-0.25, -0.2) is 0 Å². The molecular formula is C6H8N2OS. The van der Waals surface area contributed by atoms with Crippen LogP contribution in [-0.2, 0) is 0 Å². The number of nitrogens with zero attached hydrogens (tertiary/aromatic N) is 2. The van der Waals surface area contributed by atoms with Gasteiger partial charge in [0.25, 0.3) is 5.56 Å². The van der Waals surface area contributed by atoms with Gasteiger partial charge >= 0.3 is 0 Å². The zero-order valence-corrected chi connectivity index (χ0v) is 6.45. The van der Waals surface area contributed by atoms with Crippen molar-refractivity contribution in [1.29, 1.82) is 0 Å². The highest BCUT2D eigenvalue weighted by Gasteiger charge is 1.97. The second-order valence-corrected chi connectivity index (χ2v) is 2.70. The van der Waals surface area contributed by atoms with E-state index in [0.29, 0.717) is 0 Å². The predicted octanol–water partition coefficient (Wildman–Crippen LogP) is 0.692. The summed E-state index contributed by atoms with van der Waals surface area (Å²) < 4.78 is 1.50. The molecule has 3 nitrogen and oxygen atoms in total. The molecule has 1 aromatic heterocycles. The van der Waals surface area contributed by atoms with Crippen LogP contribution >= 0.6 is 12.6 Å². The number of hydrogen-bond donors (Lipinski definition) is 1. The molecule has 10 heavy (non-hydrogen) atoms. The van der Waals surface area contributed by atoms with E-state index in [4.69, 9.17) is 0 Å². The van der Waals surface area contributed by atoms with Crippen molar-refractivity contribution in [2.24, 2.45) is 0 Å². The van der Waals surface area contributed by atoms with E-state index in [9.17, 15) is 4.79 Å². The summed E-state index contributed by atoms with van der Waals surface area (Å²) in [5, 5.41) is -0.0875. The molecule has 0 aliphatic heterocycles. The minimum absolute atomic E-state index is 0.0875. The molecule has 0 aliphatic rings. The summed E-state index contributed by atoms with van der Waals surface area (Å²) in [7, 11) is 0. The third-order valence-electron chi connectivity index (χ3n) is 1.16. The molecule has 1 atom stereocenters. The Kier molecular flexibility index (Phi) is 2.11. The fourth-order valence-electron chi connectivity index (χ4n) is 0.666. The van der Waals surface area contributed by atoms with Gasteiger partial charge < -0.3 is 4.57 Å². The van der Waals surface area contributed by atoms with Gasteiger partial charge in [-0.15, -0.1) is 0 Å². The summed E-state index contributed by atoms with van der Waals surface area (Å²) in [5.41, 5.74) is -0.120. The Bertz CT molecular complexity index is 268. The van der Waals surface area contributed by atoms with Gasteiger partial charge in [-0.2, -0.15) is 12.6 Å². The van der Waals surface area contributed by atoms with E-state index in [0.717, 1.165) is 0 Å². The molecule has 54 valence electrons. The lowest BCUT2D eigenvalue weighted by Gasteiger charge is -2.05. The van der Waals surface area contributed by atoms with Crippen LogP contribution in [0.25, 0.3) is 0 Å². The largest absolute Gasteiger partial charge is 0.301 e. The molecule has 0 saturated heterocycles. The highest BCUT2D eigenvalue weighted by atomic mass is 32.1. The highest BCUT2D eigenvalue weighted by molar-refractivity contribution is 7.80. The number of thiol groups is 1. The van der Waals surface area contributed by atoms with Crippen molar-refractivity contribution in [2.75, 3.05) is 0 Å². The van der Waals surface area contributed by atoms with Crippen molar-refractivity contribution in [3.63, 3.8) is 0 Å². The van der Waals surface area contributed by atoms with E-state index in [1.165, 1.54) is 10.8 Å². The first kappa shape index (κ1) is 7.34. The summed E-state index contributed by atoms with van der Waals surface area (Å²) in [4.78, 5) is 14.6. The number of rotatable bonds is 1. The van der Waals surface area contributed by atoms with Crippen molar-refractivity contribution < 1.29 is 0 Å². The summed E-state index contributed by atoms with van der Waals surface area (Å²) in [6, 6.07) is 0. The number of hydrogen-bond acceptors (Lipinski definition) is 3. The lowest BCUT2D eigenvalue weighted by Crippen LogP contribution is -2.19. The second kappa shape index (κ2) is 2.88. The van der Waals surface area contributed by atoms with Gasteiger partial charge in [-0.3, -0.25) is 9.78 Å². The molecule has 0 bridgehead atoms. The van der Waals surface area contributed by atoms with Crippen LogP contribution in [-0.4, -0.2) is 9.55 Å². The third-order valence-corrected chi connectivity index (χ3v) is 1.40. The average molecular weight is 156 g/mol. The SMILES string of the molecule is C[C@H](S)n1ccncc1=O. The fraction of sp³-hybridized carbons (Fsp3) is 0.333. The maximum absolute atomic E-state index is 10.9. The first-order chi connectivity index (χ1) is 4.72. The topological polar surface area (TPSA) is 34.9 Å². The zero-order valence-electron chi connectivity index (χ0n) is 5.56. The molecule has 1 rings (SSSR count).